The number of guanidine groups is 1. The maximum atomic E-state index is 7.32. The number of benzene rings is 2. The molecule has 2 aromatic carbocycles. The first kappa shape index (κ1) is 15.6. The SMILES string of the molecule is CN(/N=C/c1c[nH]c2ccc(OCc3ccccc3)cc12)C(=N)N. The van der Waals surface area contributed by atoms with Crippen molar-refractivity contribution in [1.29, 1.82) is 5.41 Å². The third-order valence-electron chi connectivity index (χ3n) is 3.65. The average Bonchev–Trinajstić information content (AvgIpc) is 3.01. The van der Waals surface area contributed by atoms with Crippen molar-refractivity contribution in [2.24, 2.45) is 10.8 Å². The molecule has 0 saturated heterocycles. The van der Waals surface area contributed by atoms with Crippen LogP contribution in [0.1, 0.15) is 11.1 Å². The highest BCUT2D eigenvalue weighted by atomic mass is 16.5. The molecule has 0 amide bonds. The molecule has 0 radical (unpaired) electrons. The molecule has 1 aromatic heterocycles. The molecule has 0 spiro atoms. The van der Waals surface area contributed by atoms with Crippen molar-refractivity contribution in [1.82, 2.24) is 9.99 Å². The number of nitrogens with one attached hydrogen (secondary N) is 2. The van der Waals surface area contributed by atoms with Gasteiger partial charge in [0, 0.05) is 29.7 Å². The number of hydrogen-bond donors (Lipinski definition) is 3. The number of ether oxygens (including phenoxy) is 1. The molecule has 0 unspecified atom stereocenters. The quantitative estimate of drug-likeness (QED) is 0.383. The highest BCUT2D eigenvalue weighted by Crippen LogP contribution is 2.23. The van der Waals surface area contributed by atoms with Crippen molar-refractivity contribution in [3.63, 3.8) is 0 Å². The molecule has 6 heteroatoms. The largest absolute Gasteiger partial charge is 0.489 e. The Balaban J connectivity index is 1.79. The van der Waals surface area contributed by atoms with Gasteiger partial charge in [0.2, 0.25) is 5.96 Å². The first-order chi connectivity index (χ1) is 11.6. The molecule has 0 fully saturated rings. The van der Waals surface area contributed by atoms with Gasteiger partial charge in [-0.1, -0.05) is 30.3 Å². The number of fused-ring (bicyclic) bond motifs is 1. The van der Waals surface area contributed by atoms with Gasteiger partial charge in [-0.3, -0.25) is 5.41 Å². The molecule has 0 atom stereocenters. The smallest absolute Gasteiger partial charge is 0.208 e. The first-order valence-electron chi connectivity index (χ1n) is 7.53. The van der Waals surface area contributed by atoms with E-state index in [-0.39, 0.29) is 5.96 Å². The van der Waals surface area contributed by atoms with Crippen LogP contribution < -0.4 is 10.5 Å². The summed E-state index contributed by atoms with van der Waals surface area (Å²) in [5.41, 5.74) is 8.40. The van der Waals surface area contributed by atoms with E-state index in [1.54, 1.807) is 13.3 Å². The summed E-state index contributed by atoms with van der Waals surface area (Å²) < 4.78 is 5.87. The van der Waals surface area contributed by atoms with Crippen LogP contribution in [-0.4, -0.2) is 29.2 Å². The molecule has 24 heavy (non-hydrogen) atoms. The summed E-state index contributed by atoms with van der Waals surface area (Å²) in [4.78, 5) is 3.19. The third kappa shape index (κ3) is 3.55. The molecule has 3 aromatic rings. The van der Waals surface area contributed by atoms with Crippen LogP contribution in [0.2, 0.25) is 0 Å². The molecule has 0 saturated carbocycles. The normalized spacial score (nSPS) is 11.0. The number of nitrogens with zero attached hydrogens (tertiary/aromatic N) is 2. The Morgan fingerprint density at radius 1 is 1.29 bits per heavy atom. The summed E-state index contributed by atoms with van der Waals surface area (Å²) >= 11 is 0. The number of rotatable bonds is 5. The minimum absolute atomic E-state index is 0.113. The molecule has 122 valence electrons. The molecular weight excluding hydrogens is 302 g/mol. The molecule has 0 aliphatic heterocycles. The zero-order chi connectivity index (χ0) is 16.9. The summed E-state index contributed by atoms with van der Waals surface area (Å²) in [5, 5.41) is 13.8. The lowest BCUT2D eigenvalue weighted by molar-refractivity contribution is 0.306. The van der Waals surface area contributed by atoms with Gasteiger partial charge in [-0.2, -0.15) is 5.10 Å². The minimum atomic E-state index is -0.113. The van der Waals surface area contributed by atoms with E-state index in [0.29, 0.717) is 6.61 Å². The summed E-state index contributed by atoms with van der Waals surface area (Å²) in [6, 6.07) is 15.9. The van der Waals surface area contributed by atoms with Crippen molar-refractivity contribution in [2.75, 3.05) is 7.05 Å². The Bertz CT molecular complexity index is 870. The maximum absolute atomic E-state index is 7.32. The number of H-pyrrole nitrogens is 1. The fraction of sp³-hybridized carbons (Fsp3) is 0.111. The zero-order valence-corrected chi connectivity index (χ0v) is 13.4. The Morgan fingerprint density at radius 3 is 2.83 bits per heavy atom. The highest BCUT2D eigenvalue weighted by Gasteiger charge is 2.05. The Morgan fingerprint density at radius 2 is 2.08 bits per heavy atom. The van der Waals surface area contributed by atoms with Crippen molar-refractivity contribution in [2.45, 2.75) is 6.61 Å². The predicted octanol–water partition coefficient (Wildman–Crippen LogP) is 2.91. The summed E-state index contributed by atoms with van der Waals surface area (Å²) in [6.45, 7) is 0.521. The standard InChI is InChI=1S/C18H19N5O/c1-23(18(19)20)22-11-14-10-21-17-8-7-15(9-16(14)17)24-12-13-5-3-2-4-6-13/h2-11,21H,12H2,1H3,(H3,19,20)/b22-11+. The second-order valence-electron chi connectivity index (χ2n) is 5.38. The van der Waals surface area contributed by atoms with E-state index in [1.807, 2.05) is 54.7 Å². The fourth-order valence-electron chi connectivity index (χ4n) is 2.27. The second kappa shape index (κ2) is 6.87. The van der Waals surface area contributed by atoms with E-state index in [1.165, 1.54) is 5.01 Å². The molecule has 3 rings (SSSR count). The van der Waals surface area contributed by atoms with Gasteiger partial charge >= 0.3 is 0 Å². The van der Waals surface area contributed by atoms with Gasteiger partial charge in [-0.15, -0.1) is 0 Å². The fourth-order valence-corrected chi connectivity index (χ4v) is 2.27. The van der Waals surface area contributed by atoms with Gasteiger partial charge < -0.3 is 15.5 Å². The van der Waals surface area contributed by atoms with Gasteiger partial charge in [0.05, 0.1) is 6.21 Å². The number of aromatic nitrogens is 1. The van der Waals surface area contributed by atoms with Crippen LogP contribution in [0, 0.1) is 5.41 Å². The molecular formula is C18H19N5O. The van der Waals surface area contributed by atoms with E-state index in [4.69, 9.17) is 15.9 Å². The lowest BCUT2D eigenvalue weighted by Gasteiger charge is -2.08. The van der Waals surface area contributed by atoms with Crippen molar-refractivity contribution in [3.8, 4) is 5.75 Å². The van der Waals surface area contributed by atoms with Crippen LogP contribution in [-0.2, 0) is 6.61 Å². The van der Waals surface area contributed by atoms with Crippen LogP contribution in [0.15, 0.2) is 59.8 Å². The van der Waals surface area contributed by atoms with Crippen LogP contribution in [0.3, 0.4) is 0 Å². The van der Waals surface area contributed by atoms with Crippen LogP contribution in [0.25, 0.3) is 10.9 Å². The predicted molar refractivity (Wildman–Crippen MR) is 96.3 cm³/mol. The number of hydrazone groups is 1. The van der Waals surface area contributed by atoms with E-state index in [0.717, 1.165) is 27.8 Å². The van der Waals surface area contributed by atoms with Crippen LogP contribution >= 0.6 is 0 Å². The van der Waals surface area contributed by atoms with E-state index >= 15 is 0 Å². The third-order valence-corrected chi connectivity index (χ3v) is 3.65. The van der Waals surface area contributed by atoms with E-state index in [2.05, 4.69) is 10.1 Å². The van der Waals surface area contributed by atoms with Gasteiger partial charge in [-0.25, -0.2) is 5.01 Å². The number of aromatic amines is 1. The number of nitrogens with two attached hydrogens (primary N) is 1. The van der Waals surface area contributed by atoms with Gasteiger partial charge in [0.1, 0.15) is 12.4 Å². The van der Waals surface area contributed by atoms with Gasteiger partial charge in [0.25, 0.3) is 0 Å². The Labute approximate surface area is 140 Å². The molecule has 0 aliphatic rings. The second-order valence-corrected chi connectivity index (χ2v) is 5.38. The van der Waals surface area contributed by atoms with E-state index in [9.17, 15) is 0 Å². The van der Waals surface area contributed by atoms with Gasteiger partial charge in [-0.05, 0) is 23.8 Å². The molecule has 6 nitrogen and oxygen atoms in total. The zero-order valence-electron chi connectivity index (χ0n) is 13.4. The van der Waals surface area contributed by atoms with Crippen LogP contribution in [0.4, 0.5) is 0 Å². The van der Waals surface area contributed by atoms with Crippen molar-refractivity contribution >= 4 is 23.1 Å². The molecule has 4 N–H and O–H groups in total. The lowest BCUT2D eigenvalue weighted by atomic mass is 10.2. The highest BCUT2D eigenvalue weighted by molar-refractivity contribution is 5.99. The lowest BCUT2D eigenvalue weighted by Crippen LogP contribution is -2.28. The van der Waals surface area contributed by atoms with Gasteiger partial charge in [0.15, 0.2) is 0 Å². The first-order valence-corrected chi connectivity index (χ1v) is 7.53. The monoisotopic (exact) mass is 321 g/mol. The van der Waals surface area contributed by atoms with Crippen molar-refractivity contribution in [3.05, 3.63) is 65.9 Å². The van der Waals surface area contributed by atoms with E-state index < -0.39 is 0 Å². The minimum Gasteiger partial charge on any atom is -0.489 e. The molecule has 0 aliphatic carbocycles. The van der Waals surface area contributed by atoms with Crippen molar-refractivity contribution < 1.29 is 4.74 Å². The summed E-state index contributed by atoms with van der Waals surface area (Å²) in [5.74, 6) is 0.679. The maximum Gasteiger partial charge on any atom is 0.208 e. The van der Waals surface area contributed by atoms with Crippen LogP contribution in [0.5, 0.6) is 5.75 Å². The number of hydrogen-bond acceptors (Lipinski definition) is 3. The summed E-state index contributed by atoms with van der Waals surface area (Å²) in [7, 11) is 1.63. The Kier molecular flexibility index (Phi) is 4.47. The average molecular weight is 321 g/mol. The topological polar surface area (TPSA) is 90.5 Å². The summed E-state index contributed by atoms with van der Waals surface area (Å²) in [6.07, 6.45) is 3.53. The molecule has 0 bridgehead atoms. The molecule has 1 heterocycles. The Hall–Kier alpha value is -3.28.